The quantitative estimate of drug-likeness (QED) is 0.558. The third-order valence-corrected chi connectivity index (χ3v) is 6.95. The lowest BCUT2D eigenvalue weighted by atomic mass is 10.2. The van der Waals surface area contributed by atoms with Crippen molar-refractivity contribution in [2.45, 2.75) is 31.8 Å². The van der Waals surface area contributed by atoms with Gasteiger partial charge in [0, 0.05) is 23.1 Å². The first kappa shape index (κ1) is 19.9. The summed E-state index contributed by atoms with van der Waals surface area (Å²) in [6.45, 7) is 3.37. The molecule has 5 nitrogen and oxygen atoms in total. The summed E-state index contributed by atoms with van der Waals surface area (Å²) in [6, 6.07) is 14.3. The molecule has 0 bridgehead atoms. The molecular weight excluding hydrogens is 407 g/mol. The van der Waals surface area contributed by atoms with Crippen molar-refractivity contribution < 1.29 is 12.9 Å². The van der Waals surface area contributed by atoms with E-state index in [1.165, 1.54) is 4.31 Å². The number of benzene rings is 2. The van der Waals surface area contributed by atoms with Gasteiger partial charge in [0.25, 0.3) is 0 Å². The first-order chi connectivity index (χ1) is 12.8. The summed E-state index contributed by atoms with van der Waals surface area (Å²) in [6.07, 6.45) is 0. The molecule has 0 N–H and O–H groups in total. The Hall–Kier alpha value is -1.86. The summed E-state index contributed by atoms with van der Waals surface area (Å²) < 4.78 is 33.2. The van der Waals surface area contributed by atoms with Gasteiger partial charge in [-0.3, -0.25) is 0 Å². The number of halogens is 2. The second-order valence-corrected chi connectivity index (χ2v) is 8.80. The smallest absolute Gasteiger partial charge is 0.249 e. The molecule has 0 amide bonds. The fourth-order valence-corrected chi connectivity index (χ4v) is 4.91. The summed E-state index contributed by atoms with van der Waals surface area (Å²) in [5.41, 5.74) is 1.71. The van der Waals surface area contributed by atoms with Crippen LogP contribution >= 0.6 is 23.2 Å². The van der Waals surface area contributed by atoms with Crippen molar-refractivity contribution in [3.05, 3.63) is 81.2 Å². The second kappa shape index (κ2) is 8.02. The Morgan fingerprint density at radius 1 is 0.926 bits per heavy atom. The molecule has 0 saturated carbocycles. The van der Waals surface area contributed by atoms with Crippen molar-refractivity contribution in [3.8, 4) is 0 Å². The molecule has 0 spiro atoms. The van der Waals surface area contributed by atoms with Crippen LogP contribution in [0.15, 0.2) is 57.9 Å². The maximum Gasteiger partial charge on any atom is 0.249 e. The molecule has 2 aromatic carbocycles. The molecular formula is C19H18Cl2N2O3S. The van der Waals surface area contributed by atoms with E-state index in [-0.39, 0.29) is 23.7 Å². The molecule has 1 heterocycles. The Bertz CT molecular complexity index is 997. The predicted octanol–water partition coefficient (Wildman–Crippen LogP) is 4.99. The van der Waals surface area contributed by atoms with Gasteiger partial charge in [-0.05, 0) is 37.1 Å². The van der Waals surface area contributed by atoms with Gasteiger partial charge in [0.2, 0.25) is 10.0 Å². The summed E-state index contributed by atoms with van der Waals surface area (Å²) in [5, 5.41) is 4.77. The van der Waals surface area contributed by atoms with Gasteiger partial charge in [0.15, 0.2) is 5.76 Å². The highest BCUT2D eigenvalue weighted by molar-refractivity contribution is 7.89. The molecule has 27 heavy (non-hydrogen) atoms. The zero-order valence-electron chi connectivity index (χ0n) is 14.8. The van der Waals surface area contributed by atoms with Crippen LogP contribution < -0.4 is 0 Å². The number of nitrogens with zero attached hydrogens (tertiary/aromatic N) is 2. The molecule has 0 aliphatic rings. The molecule has 0 atom stereocenters. The van der Waals surface area contributed by atoms with Crippen LogP contribution in [0.3, 0.4) is 0 Å². The lowest BCUT2D eigenvalue weighted by molar-refractivity contribution is 0.385. The molecule has 3 aromatic rings. The van der Waals surface area contributed by atoms with Gasteiger partial charge in [-0.2, -0.15) is 4.31 Å². The Morgan fingerprint density at radius 3 is 1.81 bits per heavy atom. The minimum absolute atomic E-state index is 0.0709. The number of aromatic nitrogens is 1. The topological polar surface area (TPSA) is 63.4 Å². The molecule has 8 heteroatoms. The van der Waals surface area contributed by atoms with Crippen molar-refractivity contribution in [1.29, 1.82) is 0 Å². The molecule has 0 unspecified atom stereocenters. The molecule has 1 aromatic heterocycles. The standard InChI is InChI=1S/C19H18Cl2N2O3S/c1-13-19(14(2)26-22-13)27(24,25)23(11-15-7-3-5-9-17(15)20)12-16-8-4-6-10-18(16)21/h3-10H,11-12H2,1-2H3. The van der Waals surface area contributed by atoms with E-state index >= 15 is 0 Å². The third-order valence-electron chi connectivity index (χ3n) is 4.17. The average Bonchev–Trinajstić information content (AvgIpc) is 2.97. The molecule has 3 rings (SSSR count). The van der Waals surface area contributed by atoms with Gasteiger partial charge < -0.3 is 4.52 Å². The minimum Gasteiger partial charge on any atom is -0.360 e. The highest BCUT2D eigenvalue weighted by Gasteiger charge is 2.32. The van der Waals surface area contributed by atoms with Gasteiger partial charge in [-0.1, -0.05) is 64.8 Å². The SMILES string of the molecule is Cc1noc(C)c1S(=O)(=O)N(Cc1ccccc1Cl)Cc1ccccc1Cl. The van der Waals surface area contributed by atoms with Crippen LogP contribution in [-0.2, 0) is 23.1 Å². The molecule has 142 valence electrons. The Balaban J connectivity index is 2.07. The fourth-order valence-electron chi connectivity index (χ4n) is 2.83. The zero-order chi connectivity index (χ0) is 19.6. The van der Waals surface area contributed by atoms with Crippen molar-refractivity contribution in [3.63, 3.8) is 0 Å². The monoisotopic (exact) mass is 424 g/mol. The maximum atomic E-state index is 13.4. The van der Waals surface area contributed by atoms with Crippen molar-refractivity contribution in [2.24, 2.45) is 0 Å². The van der Waals surface area contributed by atoms with Crippen molar-refractivity contribution in [2.75, 3.05) is 0 Å². The van der Waals surface area contributed by atoms with E-state index in [2.05, 4.69) is 5.16 Å². The van der Waals surface area contributed by atoms with Gasteiger partial charge >= 0.3 is 0 Å². The molecule has 0 aliphatic heterocycles. The minimum atomic E-state index is -3.89. The summed E-state index contributed by atoms with van der Waals surface area (Å²) in [5.74, 6) is 0.246. The average molecular weight is 425 g/mol. The van der Waals surface area contributed by atoms with Crippen LogP contribution in [-0.4, -0.2) is 17.9 Å². The van der Waals surface area contributed by atoms with Crippen LogP contribution in [0.5, 0.6) is 0 Å². The lowest BCUT2D eigenvalue weighted by Gasteiger charge is -2.23. The normalized spacial score (nSPS) is 11.9. The predicted molar refractivity (Wildman–Crippen MR) is 105 cm³/mol. The summed E-state index contributed by atoms with van der Waals surface area (Å²) in [4.78, 5) is 0.0709. The Morgan fingerprint density at radius 2 is 1.41 bits per heavy atom. The number of rotatable bonds is 6. The van der Waals surface area contributed by atoms with Gasteiger partial charge in [0.1, 0.15) is 10.6 Å². The number of hydrogen-bond donors (Lipinski definition) is 0. The summed E-state index contributed by atoms with van der Waals surface area (Å²) in [7, 11) is -3.89. The first-order valence-electron chi connectivity index (χ1n) is 8.20. The Kier molecular flexibility index (Phi) is 5.91. The van der Waals surface area contributed by atoms with E-state index in [0.717, 1.165) is 0 Å². The highest BCUT2D eigenvalue weighted by atomic mass is 35.5. The van der Waals surface area contributed by atoms with Crippen molar-refractivity contribution >= 4 is 33.2 Å². The fraction of sp³-hybridized carbons (Fsp3) is 0.211. The van der Waals surface area contributed by atoms with Crippen LogP contribution in [0, 0.1) is 13.8 Å². The van der Waals surface area contributed by atoms with Crippen LogP contribution in [0.1, 0.15) is 22.6 Å². The van der Waals surface area contributed by atoms with E-state index in [4.69, 9.17) is 27.7 Å². The van der Waals surface area contributed by atoms with E-state index in [0.29, 0.717) is 26.9 Å². The van der Waals surface area contributed by atoms with Gasteiger partial charge in [-0.15, -0.1) is 0 Å². The van der Waals surface area contributed by atoms with Crippen LogP contribution in [0.25, 0.3) is 0 Å². The number of hydrogen-bond acceptors (Lipinski definition) is 4. The summed E-state index contributed by atoms with van der Waals surface area (Å²) >= 11 is 12.5. The van der Waals surface area contributed by atoms with Crippen LogP contribution in [0.4, 0.5) is 0 Å². The largest absolute Gasteiger partial charge is 0.360 e. The number of sulfonamides is 1. The van der Waals surface area contributed by atoms with Crippen LogP contribution in [0.2, 0.25) is 10.0 Å². The van der Waals surface area contributed by atoms with E-state index in [1.807, 2.05) is 12.1 Å². The van der Waals surface area contributed by atoms with Crippen molar-refractivity contribution in [1.82, 2.24) is 9.46 Å². The second-order valence-electron chi connectivity index (χ2n) is 6.11. The van der Waals surface area contributed by atoms with E-state index < -0.39 is 10.0 Å². The lowest BCUT2D eigenvalue weighted by Crippen LogP contribution is -2.31. The van der Waals surface area contributed by atoms with E-state index in [1.54, 1.807) is 50.2 Å². The van der Waals surface area contributed by atoms with Gasteiger partial charge in [0.05, 0.1) is 0 Å². The highest BCUT2D eigenvalue weighted by Crippen LogP contribution is 2.29. The molecule has 0 fully saturated rings. The van der Waals surface area contributed by atoms with E-state index in [9.17, 15) is 8.42 Å². The van der Waals surface area contributed by atoms with Gasteiger partial charge in [-0.25, -0.2) is 8.42 Å². The zero-order valence-corrected chi connectivity index (χ0v) is 17.1. The molecule has 0 saturated heterocycles. The maximum absolute atomic E-state index is 13.4. The molecule has 0 radical (unpaired) electrons. The number of aryl methyl sites for hydroxylation is 2. The first-order valence-corrected chi connectivity index (χ1v) is 10.4. The third kappa shape index (κ3) is 4.19. The molecule has 0 aliphatic carbocycles. The Labute approximate surface area is 168 Å².